The summed E-state index contributed by atoms with van der Waals surface area (Å²) in [4.78, 5) is 23.4. The minimum atomic E-state index is -0.772. The Bertz CT molecular complexity index is 650. The first-order valence-electron chi connectivity index (χ1n) is 7.71. The van der Waals surface area contributed by atoms with Gasteiger partial charge in [0.2, 0.25) is 0 Å². The highest BCUT2D eigenvalue weighted by Gasteiger charge is 2.17. The van der Waals surface area contributed by atoms with Crippen LogP contribution in [0.3, 0.4) is 0 Å². The van der Waals surface area contributed by atoms with E-state index in [9.17, 15) is 9.59 Å². The maximum atomic E-state index is 11.9. The number of hydrogen-bond acceptors (Lipinski definition) is 3. The summed E-state index contributed by atoms with van der Waals surface area (Å²) < 4.78 is 5.13. The molecule has 0 unspecified atom stereocenters. The summed E-state index contributed by atoms with van der Waals surface area (Å²) in [7, 11) is 0. The SMILES string of the molecule is CCNC(=O)[C@H](C)OC(=O)Cc1ccc(-c2ccccc2)cc1. The van der Waals surface area contributed by atoms with Crippen molar-refractivity contribution in [3.05, 3.63) is 60.2 Å². The molecule has 4 heteroatoms. The normalized spacial score (nSPS) is 11.6. The van der Waals surface area contributed by atoms with Crippen LogP contribution in [-0.4, -0.2) is 24.5 Å². The molecule has 0 spiro atoms. The predicted molar refractivity (Wildman–Crippen MR) is 89.8 cm³/mol. The van der Waals surface area contributed by atoms with E-state index in [1.807, 2.05) is 61.5 Å². The monoisotopic (exact) mass is 311 g/mol. The van der Waals surface area contributed by atoms with E-state index in [-0.39, 0.29) is 12.3 Å². The molecule has 1 N–H and O–H groups in total. The van der Waals surface area contributed by atoms with Gasteiger partial charge in [-0.2, -0.15) is 0 Å². The Morgan fingerprint density at radius 1 is 1.00 bits per heavy atom. The minimum absolute atomic E-state index is 0.152. The number of carbonyl (C=O) groups excluding carboxylic acids is 2. The molecule has 1 amide bonds. The van der Waals surface area contributed by atoms with Gasteiger partial charge in [0.25, 0.3) is 5.91 Å². The third-order valence-corrected chi connectivity index (χ3v) is 3.44. The molecule has 0 heterocycles. The molecule has 0 aromatic heterocycles. The molecule has 2 aromatic carbocycles. The second kappa shape index (κ2) is 8.13. The van der Waals surface area contributed by atoms with Crippen LogP contribution in [0.15, 0.2) is 54.6 Å². The molecule has 0 bridgehead atoms. The molecule has 4 nitrogen and oxygen atoms in total. The number of nitrogens with one attached hydrogen (secondary N) is 1. The van der Waals surface area contributed by atoms with Gasteiger partial charge in [-0.05, 0) is 30.5 Å². The van der Waals surface area contributed by atoms with Crippen molar-refractivity contribution in [1.29, 1.82) is 0 Å². The maximum absolute atomic E-state index is 11.9. The van der Waals surface area contributed by atoms with Crippen LogP contribution in [0.4, 0.5) is 0 Å². The molecule has 0 saturated heterocycles. The number of rotatable bonds is 6. The number of esters is 1. The van der Waals surface area contributed by atoms with Crippen LogP contribution in [-0.2, 0) is 20.7 Å². The highest BCUT2D eigenvalue weighted by atomic mass is 16.5. The topological polar surface area (TPSA) is 55.4 Å². The third kappa shape index (κ3) is 4.95. The van der Waals surface area contributed by atoms with E-state index in [4.69, 9.17) is 4.74 Å². The lowest BCUT2D eigenvalue weighted by molar-refractivity contribution is -0.154. The van der Waals surface area contributed by atoms with Crippen LogP contribution in [0.2, 0.25) is 0 Å². The standard InChI is InChI=1S/C19H21NO3/c1-3-20-19(22)14(2)23-18(21)13-15-9-11-17(12-10-15)16-7-5-4-6-8-16/h4-12,14H,3,13H2,1-2H3,(H,20,22)/t14-/m0/s1. The van der Waals surface area contributed by atoms with E-state index < -0.39 is 12.1 Å². The zero-order valence-electron chi connectivity index (χ0n) is 13.4. The molecule has 0 radical (unpaired) electrons. The largest absolute Gasteiger partial charge is 0.452 e. The first-order chi connectivity index (χ1) is 11.1. The zero-order chi connectivity index (χ0) is 16.7. The maximum Gasteiger partial charge on any atom is 0.311 e. The van der Waals surface area contributed by atoms with Crippen LogP contribution in [0.1, 0.15) is 19.4 Å². The van der Waals surface area contributed by atoms with E-state index in [1.165, 1.54) is 0 Å². The molecule has 1 atom stereocenters. The lowest BCUT2D eigenvalue weighted by Gasteiger charge is -2.12. The smallest absolute Gasteiger partial charge is 0.311 e. The molecule has 2 rings (SSSR count). The Morgan fingerprint density at radius 3 is 2.22 bits per heavy atom. The van der Waals surface area contributed by atoms with E-state index in [1.54, 1.807) is 6.92 Å². The van der Waals surface area contributed by atoms with Crippen LogP contribution in [0.5, 0.6) is 0 Å². The fraction of sp³-hybridized carbons (Fsp3) is 0.263. The molecule has 2 aromatic rings. The third-order valence-electron chi connectivity index (χ3n) is 3.44. The van der Waals surface area contributed by atoms with Crippen LogP contribution in [0, 0.1) is 0 Å². The second-order valence-corrected chi connectivity index (χ2v) is 5.27. The second-order valence-electron chi connectivity index (χ2n) is 5.27. The molecule has 23 heavy (non-hydrogen) atoms. The molecular weight excluding hydrogens is 290 g/mol. The predicted octanol–water partition coefficient (Wildman–Crippen LogP) is 2.96. The lowest BCUT2D eigenvalue weighted by Crippen LogP contribution is -2.35. The zero-order valence-corrected chi connectivity index (χ0v) is 13.4. The molecule has 0 aliphatic carbocycles. The van der Waals surface area contributed by atoms with Crippen molar-refractivity contribution in [3.8, 4) is 11.1 Å². The summed E-state index contributed by atoms with van der Waals surface area (Å²) in [6, 6.07) is 17.8. The summed E-state index contributed by atoms with van der Waals surface area (Å²) in [5.74, 6) is -0.684. The summed E-state index contributed by atoms with van der Waals surface area (Å²) in [6.45, 7) is 3.91. The molecule has 0 aliphatic heterocycles. The summed E-state index contributed by atoms with van der Waals surface area (Å²) >= 11 is 0. The van der Waals surface area contributed by atoms with Crippen molar-refractivity contribution in [2.24, 2.45) is 0 Å². The summed E-state index contributed by atoms with van der Waals surface area (Å²) in [5, 5.41) is 2.62. The van der Waals surface area contributed by atoms with Gasteiger partial charge in [0.1, 0.15) is 0 Å². The fourth-order valence-electron chi connectivity index (χ4n) is 2.22. The van der Waals surface area contributed by atoms with E-state index in [2.05, 4.69) is 5.32 Å². The first-order valence-corrected chi connectivity index (χ1v) is 7.71. The Kier molecular flexibility index (Phi) is 5.92. The number of likely N-dealkylation sites (N-methyl/N-ethyl adjacent to an activating group) is 1. The van der Waals surface area contributed by atoms with Crippen molar-refractivity contribution in [1.82, 2.24) is 5.32 Å². The van der Waals surface area contributed by atoms with Crippen molar-refractivity contribution >= 4 is 11.9 Å². The van der Waals surface area contributed by atoms with Crippen LogP contribution in [0.25, 0.3) is 11.1 Å². The van der Waals surface area contributed by atoms with Gasteiger partial charge < -0.3 is 10.1 Å². The van der Waals surface area contributed by atoms with Gasteiger partial charge in [-0.3, -0.25) is 9.59 Å². The number of amides is 1. The van der Waals surface area contributed by atoms with Gasteiger partial charge in [0, 0.05) is 6.54 Å². The first kappa shape index (κ1) is 16.7. The molecule has 0 aliphatic rings. The molecule has 0 saturated carbocycles. The molecular formula is C19H21NO3. The van der Waals surface area contributed by atoms with Gasteiger partial charge in [0.15, 0.2) is 6.10 Å². The average molecular weight is 311 g/mol. The van der Waals surface area contributed by atoms with E-state index in [0.29, 0.717) is 6.54 Å². The quantitative estimate of drug-likeness (QED) is 0.835. The number of ether oxygens (including phenoxy) is 1. The van der Waals surface area contributed by atoms with Crippen molar-refractivity contribution in [2.45, 2.75) is 26.4 Å². The van der Waals surface area contributed by atoms with Crippen LogP contribution >= 0.6 is 0 Å². The number of carbonyl (C=O) groups is 2. The van der Waals surface area contributed by atoms with Gasteiger partial charge in [-0.25, -0.2) is 0 Å². The molecule has 120 valence electrons. The van der Waals surface area contributed by atoms with Crippen molar-refractivity contribution in [3.63, 3.8) is 0 Å². The fourth-order valence-corrected chi connectivity index (χ4v) is 2.22. The van der Waals surface area contributed by atoms with Crippen LogP contribution < -0.4 is 5.32 Å². The van der Waals surface area contributed by atoms with Crippen molar-refractivity contribution < 1.29 is 14.3 Å². The summed E-state index contributed by atoms with van der Waals surface area (Å²) in [5.41, 5.74) is 3.09. The number of benzene rings is 2. The summed E-state index contributed by atoms with van der Waals surface area (Å²) in [6.07, 6.45) is -0.621. The Hall–Kier alpha value is -2.62. The molecule has 0 fully saturated rings. The van der Waals surface area contributed by atoms with E-state index in [0.717, 1.165) is 16.7 Å². The van der Waals surface area contributed by atoms with Gasteiger partial charge in [-0.15, -0.1) is 0 Å². The average Bonchev–Trinajstić information content (AvgIpc) is 2.56. The Morgan fingerprint density at radius 2 is 1.61 bits per heavy atom. The lowest BCUT2D eigenvalue weighted by atomic mass is 10.0. The van der Waals surface area contributed by atoms with Gasteiger partial charge in [0.05, 0.1) is 6.42 Å². The minimum Gasteiger partial charge on any atom is -0.452 e. The Labute approximate surface area is 136 Å². The van der Waals surface area contributed by atoms with Gasteiger partial charge >= 0.3 is 5.97 Å². The van der Waals surface area contributed by atoms with E-state index >= 15 is 0 Å². The van der Waals surface area contributed by atoms with Gasteiger partial charge in [-0.1, -0.05) is 54.6 Å². The Balaban J connectivity index is 1.93. The highest BCUT2D eigenvalue weighted by molar-refractivity contribution is 5.83. The van der Waals surface area contributed by atoms with Crippen molar-refractivity contribution in [2.75, 3.05) is 6.54 Å². The number of hydrogen-bond donors (Lipinski definition) is 1. The highest BCUT2D eigenvalue weighted by Crippen LogP contribution is 2.19.